The maximum atomic E-state index is 13.4. The summed E-state index contributed by atoms with van der Waals surface area (Å²) in [6, 6.07) is 10.4. The zero-order chi connectivity index (χ0) is 15.4. The molecule has 0 N–H and O–H groups in total. The lowest BCUT2D eigenvalue weighted by Gasteiger charge is -2.18. The van der Waals surface area contributed by atoms with Gasteiger partial charge in [0.15, 0.2) is 0 Å². The van der Waals surface area contributed by atoms with Crippen LogP contribution in [0, 0.1) is 5.82 Å². The fraction of sp³-hybridized carbons (Fsp3) is 0.200. The number of benzene rings is 2. The molecule has 2 aromatic carbocycles. The molecule has 0 fully saturated rings. The van der Waals surface area contributed by atoms with Gasteiger partial charge >= 0.3 is 6.61 Å². The molecule has 0 spiro atoms. The Balaban J connectivity index is 2.45. The summed E-state index contributed by atoms with van der Waals surface area (Å²) in [7, 11) is 1.46. The van der Waals surface area contributed by atoms with E-state index in [1.807, 2.05) is 0 Å². The summed E-state index contributed by atoms with van der Waals surface area (Å²) >= 11 is 3.39. The lowest BCUT2D eigenvalue weighted by molar-refractivity contribution is -0.0503. The lowest BCUT2D eigenvalue weighted by Crippen LogP contribution is -2.06. The molecule has 2 rings (SSSR count). The molecule has 21 heavy (non-hydrogen) atoms. The zero-order valence-electron chi connectivity index (χ0n) is 11.0. The highest BCUT2D eigenvalue weighted by atomic mass is 79.9. The van der Waals surface area contributed by atoms with Crippen LogP contribution in [-0.4, -0.2) is 13.7 Å². The molecule has 112 valence electrons. The molecule has 0 saturated heterocycles. The van der Waals surface area contributed by atoms with Crippen molar-refractivity contribution in [3.8, 4) is 11.5 Å². The van der Waals surface area contributed by atoms with Crippen LogP contribution in [0.25, 0.3) is 0 Å². The highest BCUT2D eigenvalue weighted by Crippen LogP contribution is 2.41. The van der Waals surface area contributed by atoms with Crippen molar-refractivity contribution < 1.29 is 22.6 Å². The number of halogens is 4. The van der Waals surface area contributed by atoms with E-state index in [0.29, 0.717) is 16.9 Å². The molecular formula is C15H12BrF3O2. The molecule has 6 heteroatoms. The number of hydrogen-bond acceptors (Lipinski definition) is 2. The second-order valence-corrected chi connectivity index (χ2v) is 5.08. The molecule has 0 aliphatic rings. The van der Waals surface area contributed by atoms with E-state index in [0.717, 1.165) is 0 Å². The van der Waals surface area contributed by atoms with E-state index in [2.05, 4.69) is 20.7 Å². The van der Waals surface area contributed by atoms with Crippen LogP contribution in [-0.2, 0) is 0 Å². The minimum Gasteiger partial charge on any atom is -0.496 e. The zero-order valence-corrected chi connectivity index (χ0v) is 12.6. The molecule has 0 bridgehead atoms. The third-order valence-electron chi connectivity index (χ3n) is 2.87. The Labute approximate surface area is 128 Å². The van der Waals surface area contributed by atoms with Crippen molar-refractivity contribution in [3.05, 3.63) is 59.4 Å². The number of alkyl halides is 3. The van der Waals surface area contributed by atoms with Crippen molar-refractivity contribution in [3.63, 3.8) is 0 Å². The number of ether oxygens (including phenoxy) is 2. The van der Waals surface area contributed by atoms with Gasteiger partial charge in [-0.25, -0.2) is 4.39 Å². The second-order valence-electron chi connectivity index (χ2n) is 4.17. The molecule has 0 saturated carbocycles. The predicted octanol–water partition coefficient (Wildman–Crippen LogP) is 4.92. The topological polar surface area (TPSA) is 18.5 Å². The molecule has 0 radical (unpaired) electrons. The van der Waals surface area contributed by atoms with E-state index in [-0.39, 0.29) is 5.75 Å². The summed E-state index contributed by atoms with van der Waals surface area (Å²) in [6.45, 7) is -2.93. The first-order valence-electron chi connectivity index (χ1n) is 6.04. The van der Waals surface area contributed by atoms with Gasteiger partial charge in [0, 0.05) is 11.1 Å². The van der Waals surface area contributed by atoms with Crippen LogP contribution in [0.4, 0.5) is 13.2 Å². The van der Waals surface area contributed by atoms with Crippen molar-refractivity contribution in [2.45, 2.75) is 11.4 Å². The first-order chi connectivity index (χ1) is 10.0. The van der Waals surface area contributed by atoms with Crippen LogP contribution in [0.3, 0.4) is 0 Å². The Morgan fingerprint density at radius 2 is 1.71 bits per heavy atom. The Morgan fingerprint density at radius 1 is 1.00 bits per heavy atom. The van der Waals surface area contributed by atoms with E-state index in [1.165, 1.54) is 31.4 Å². The normalized spacial score (nSPS) is 12.3. The van der Waals surface area contributed by atoms with Gasteiger partial charge in [-0.3, -0.25) is 0 Å². The quantitative estimate of drug-likeness (QED) is 0.704. The van der Waals surface area contributed by atoms with E-state index in [9.17, 15) is 13.2 Å². The van der Waals surface area contributed by atoms with E-state index in [1.54, 1.807) is 18.2 Å². The minimum atomic E-state index is -2.93. The molecule has 0 aromatic heterocycles. The van der Waals surface area contributed by atoms with Gasteiger partial charge in [0.2, 0.25) is 0 Å². The maximum absolute atomic E-state index is 13.4. The van der Waals surface area contributed by atoms with E-state index >= 15 is 0 Å². The molecule has 0 heterocycles. The monoisotopic (exact) mass is 360 g/mol. The number of rotatable bonds is 5. The first-order valence-corrected chi connectivity index (χ1v) is 6.95. The molecule has 0 amide bonds. The summed E-state index contributed by atoms with van der Waals surface area (Å²) in [6.07, 6.45) is 0. The van der Waals surface area contributed by atoms with Crippen LogP contribution >= 0.6 is 15.9 Å². The highest BCUT2D eigenvalue weighted by Gasteiger charge is 2.21. The van der Waals surface area contributed by atoms with Gasteiger partial charge in [-0.2, -0.15) is 8.78 Å². The fourth-order valence-corrected chi connectivity index (χ4v) is 2.70. The summed E-state index contributed by atoms with van der Waals surface area (Å²) < 4.78 is 48.0. The van der Waals surface area contributed by atoms with E-state index in [4.69, 9.17) is 4.74 Å². The Kier molecular flexibility index (Phi) is 5.12. The number of methoxy groups -OCH3 is 1. The minimum absolute atomic E-state index is 0.0284. The smallest absolute Gasteiger partial charge is 0.387 e. The van der Waals surface area contributed by atoms with Gasteiger partial charge < -0.3 is 9.47 Å². The Hall–Kier alpha value is -1.69. The van der Waals surface area contributed by atoms with Gasteiger partial charge in [-0.05, 0) is 24.3 Å². The molecule has 2 nitrogen and oxygen atoms in total. The average Bonchev–Trinajstić information content (AvgIpc) is 2.46. The fourth-order valence-electron chi connectivity index (χ4n) is 1.96. The standard InChI is InChI=1S/C15H12BrF3O2/c1-20-12-7-6-9(17)8-11(12)14(16)10-4-2-3-5-13(10)21-15(18)19/h2-8,14-15H,1H3. The highest BCUT2D eigenvalue weighted by molar-refractivity contribution is 9.09. The Bertz CT molecular complexity index is 620. The van der Waals surface area contributed by atoms with Crippen molar-refractivity contribution in [2.24, 2.45) is 0 Å². The van der Waals surface area contributed by atoms with Crippen molar-refractivity contribution >= 4 is 15.9 Å². The SMILES string of the molecule is COc1ccc(F)cc1C(Br)c1ccccc1OC(F)F. The third-order valence-corrected chi connectivity index (χ3v) is 3.86. The van der Waals surface area contributed by atoms with E-state index < -0.39 is 17.3 Å². The summed E-state index contributed by atoms with van der Waals surface area (Å²) in [5.41, 5.74) is 0.949. The van der Waals surface area contributed by atoms with Gasteiger partial charge in [0.1, 0.15) is 17.3 Å². The first kappa shape index (κ1) is 15.7. The molecule has 0 aliphatic heterocycles. The van der Waals surface area contributed by atoms with Crippen molar-refractivity contribution in [1.82, 2.24) is 0 Å². The van der Waals surface area contributed by atoms with Gasteiger partial charge in [0.05, 0.1) is 11.9 Å². The second kappa shape index (κ2) is 6.85. The third kappa shape index (κ3) is 3.69. The summed E-state index contributed by atoms with van der Waals surface area (Å²) in [4.78, 5) is -0.543. The Morgan fingerprint density at radius 3 is 2.38 bits per heavy atom. The van der Waals surface area contributed by atoms with Crippen LogP contribution in [0.2, 0.25) is 0 Å². The lowest BCUT2D eigenvalue weighted by atomic mass is 10.0. The van der Waals surface area contributed by atoms with Gasteiger partial charge in [0.25, 0.3) is 0 Å². The predicted molar refractivity (Wildman–Crippen MR) is 76.8 cm³/mol. The maximum Gasteiger partial charge on any atom is 0.387 e. The summed E-state index contributed by atoms with van der Waals surface area (Å²) in [5, 5.41) is 0. The van der Waals surface area contributed by atoms with Gasteiger partial charge in [-0.15, -0.1) is 0 Å². The van der Waals surface area contributed by atoms with Crippen LogP contribution in [0.1, 0.15) is 16.0 Å². The van der Waals surface area contributed by atoms with Crippen LogP contribution in [0.15, 0.2) is 42.5 Å². The largest absolute Gasteiger partial charge is 0.496 e. The van der Waals surface area contributed by atoms with Crippen molar-refractivity contribution in [1.29, 1.82) is 0 Å². The van der Waals surface area contributed by atoms with Crippen LogP contribution < -0.4 is 9.47 Å². The molecule has 2 aromatic rings. The van der Waals surface area contributed by atoms with Gasteiger partial charge in [-0.1, -0.05) is 34.1 Å². The molecule has 1 atom stereocenters. The van der Waals surface area contributed by atoms with Crippen molar-refractivity contribution in [2.75, 3.05) is 7.11 Å². The molecule has 0 aliphatic carbocycles. The average molecular weight is 361 g/mol. The number of para-hydroxylation sites is 1. The number of hydrogen-bond donors (Lipinski definition) is 0. The molecular weight excluding hydrogens is 349 g/mol. The summed E-state index contributed by atoms with van der Waals surface area (Å²) in [5.74, 6) is 0.0355. The molecule has 1 unspecified atom stereocenters. The van der Waals surface area contributed by atoms with Crippen LogP contribution in [0.5, 0.6) is 11.5 Å².